The number of amides is 1. The van der Waals surface area contributed by atoms with Gasteiger partial charge < -0.3 is 4.90 Å². The van der Waals surface area contributed by atoms with E-state index in [1.807, 2.05) is 42.4 Å². The van der Waals surface area contributed by atoms with Crippen LogP contribution in [-0.4, -0.2) is 37.7 Å². The van der Waals surface area contributed by atoms with Gasteiger partial charge >= 0.3 is 0 Å². The molecule has 3 heterocycles. The summed E-state index contributed by atoms with van der Waals surface area (Å²) in [6.07, 6.45) is 7.19. The minimum Gasteiger partial charge on any atom is -0.309 e. The van der Waals surface area contributed by atoms with Gasteiger partial charge in [0.25, 0.3) is 0 Å². The summed E-state index contributed by atoms with van der Waals surface area (Å²) in [5, 5.41) is 15.3. The lowest BCUT2D eigenvalue weighted by molar-refractivity contribution is -0.119. The molecular formula is C17H17N5OS. The van der Waals surface area contributed by atoms with Gasteiger partial charge in [-0.15, -0.1) is 5.10 Å². The third kappa shape index (κ3) is 2.75. The highest BCUT2D eigenvalue weighted by molar-refractivity contribution is 8.00. The van der Waals surface area contributed by atoms with Crippen molar-refractivity contribution in [2.75, 3.05) is 11.4 Å². The minimum absolute atomic E-state index is 0.119. The van der Waals surface area contributed by atoms with Gasteiger partial charge in [-0.25, -0.2) is 0 Å². The fraction of sp³-hybridized carbons (Fsp3) is 0.294. The maximum atomic E-state index is 12.9. The lowest BCUT2D eigenvalue weighted by Crippen LogP contribution is -2.42. The summed E-state index contributed by atoms with van der Waals surface area (Å²) >= 11 is 1.52. The van der Waals surface area contributed by atoms with Gasteiger partial charge in [-0.3, -0.25) is 9.48 Å². The number of aryl methyl sites for hydroxylation is 1. The van der Waals surface area contributed by atoms with E-state index >= 15 is 0 Å². The summed E-state index contributed by atoms with van der Waals surface area (Å²) in [5.74, 6) is 0.119. The Morgan fingerprint density at radius 3 is 2.96 bits per heavy atom. The highest BCUT2D eigenvalue weighted by atomic mass is 32.2. The number of hydrogen-bond acceptors (Lipinski definition) is 5. The zero-order chi connectivity index (χ0) is 16.5. The van der Waals surface area contributed by atoms with Crippen molar-refractivity contribution in [3.63, 3.8) is 0 Å². The number of carbonyl (C=O) groups is 1. The predicted octanol–water partition coefficient (Wildman–Crippen LogP) is 2.65. The number of benzene rings is 1. The molecule has 0 saturated carbocycles. The molecule has 122 valence electrons. The zero-order valence-electron chi connectivity index (χ0n) is 13.3. The highest BCUT2D eigenvalue weighted by Crippen LogP contribution is 2.34. The van der Waals surface area contributed by atoms with Gasteiger partial charge in [-0.05, 0) is 12.8 Å². The van der Waals surface area contributed by atoms with E-state index < -0.39 is 0 Å². The van der Waals surface area contributed by atoms with Crippen LogP contribution in [0.25, 0.3) is 10.8 Å². The Morgan fingerprint density at radius 2 is 2.12 bits per heavy atom. The zero-order valence-corrected chi connectivity index (χ0v) is 14.1. The van der Waals surface area contributed by atoms with Crippen molar-refractivity contribution in [2.45, 2.75) is 23.1 Å². The number of anilines is 1. The molecule has 6 nitrogen and oxygen atoms in total. The number of piperidine rings is 1. The van der Waals surface area contributed by atoms with Crippen LogP contribution in [0.2, 0.25) is 0 Å². The molecule has 0 N–H and O–H groups in total. The second-order valence-electron chi connectivity index (χ2n) is 5.85. The van der Waals surface area contributed by atoms with E-state index in [4.69, 9.17) is 0 Å². The molecule has 0 bridgehead atoms. The number of nitrogens with zero attached hydrogens (tertiary/aromatic N) is 5. The molecule has 1 aliphatic rings. The van der Waals surface area contributed by atoms with Gasteiger partial charge in [0, 0.05) is 30.6 Å². The van der Waals surface area contributed by atoms with E-state index in [1.165, 1.54) is 11.8 Å². The van der Waals surface area contributed by atoms with Crippen molar-refractivity contribution in [3.05, 3.63) is 42.9 Å². The van der Waals surface area contributed by atoms with Crippen LogP contribution in [0.15, 0.2) is 47.9 Å². The number of fused-ring (bicyclic) bond motifs is 1. The van der Waals surface area contributed by atoms with Crippen LogP contribution in [0.5, 0.6) is 0 Å². The van der Waals surface area contributed by atoms with Crippen molar-refractivity contribution in [2.24, 2.45) is 7.05 Å². The molecule has 1 fully saturated rings. The lowest BCUT2D eigenvalue weighted by Gasteiger charge is -2.30. The minimum atomic E-state index is -0.140. The number of thioether (sulfide) groups is 1. The molecule has 1 saturated heterocycles. The fourth-order valence-corrected chi connectivity index (χ4v) is 4.17. The molecule has 0 radical (unpaired) electrons. The number of rotatable bonds is 3. The van der Waals surface area contributed by atoms with Gasteiger partial charge in [0.15, 0.2) is 0 Å². The average molecular weight is 339 g/mol. The van der Waals surface area contributed by atoms with Crippen LogP contribution >= 0.6 is 11.8 Å². The van der Waals surface area contributed by atoms with Crippen LogP contribution < -0.4 is 4.90 Å². The molecule has 1 aliphatic heterocycles. The average Bonchev–Trinajstić information content (AvgIpc) is 3.03. The van der Waals surface area contributed by atoms with Gasteiger partial charge in [-0.2, -0.15) is 10.2 Å². The Morgan fingerprint density at radius 1 is 1.25 bits per heavy atom. The molecule has 3 aromatic rings. The van der Waals surface area contributed by atoms with Crippen LogP contribution in [0, 0.1) is 0 Å². The second kappa shape index (κ2) is 6.24. The predicted molar refractivity (Wildman–Crippen MR) is 94.0 cm³/mol. The number of aromatic nitrogens is 4. The van der Waals surface area contributed by atoms with E-state index in [1.54, 1.807) is 17.1 Å². The Balaban J connectivity index is 1.60. The van der Waals surface area contributed by atoms with E-state index in [-0.39, 0.29) is 11.2 Å². The largest absolute Gasteiger partial charge is 0.309 e. The first-order valence-electron chi connectivity index (χ1n) is 7.89. The first-order valence-corrected chi connectivity index (χ1v) is 8.77. The summed E-state index contributed by atoms with van der Waals surface area (Å²) in [4.78, 5) is 14.7. The Labute approximate surface area is 143 Å². The summed E-state index contributed by atoms with van der Waals surface area (Å²) < 4.78 is 1.72. The van der Waals surface area contributed by atoms with Gasteiger partial charge in [0.2, 0.25) is 5.91 Å². The topological polar surface area (TPSA) is 63.9 Å². The smallest absolute Gasteiger partial charge is 0.240 e. The van der Waals surface area contributed by atoms with Crippen LogP contribution in [0.3, 0.4) is 0 Å². The standard InChI is InChI=1S/C17H17N5OS/c1-21-11-13(10-19-21)22-8-4-7-15(17(22)23)24-16-14-6-3-2-5-12(14)9-18-20-16/h2-3,5-6,9-11,15H,4,7-8H2,1H3/t15-/m1/s1. The normalized spacial score (nSPS) is 18.3. The highest BCUT2D eigenvalue weighted by Gasteiger charge is 2.31. The van der Waals surface area contributed by atoms with Crippen LogP contribution in [0.4, 0.5) is 5.69 Å². The van der Waals surface area contributed by atoms with E-state index in [0.717, 1.165) is 40.9 Å². The molecule has 0 aliphatic carbocycles. The van der Waals surface area contributed by atoms with E-state index in [2.05, 4.69) is 15.3 Å². The molecule has 0 spiro atoms. The maximum absolute atomic E-state index is 12.9. The summed E-state index contributed by atoms with van der Waals surface area (Å²) in [5.41, 5.74) is 0.858. The third-order valence-corrected chi connectivity index (χ3v) is 5.43. The number of hydrogen-bond donors (Lipinski definition) is 0. The van der Waals surface area contributed by atoms with E-state index in [9.17, 15) is 4.79 Å². The monoisotopic (exact) mass is 339 g/mol. The molecule has 4 rings (SSSR count). The Kier molecular flexibility index (Phi) is 3.93. The van der Waals surface area contributed by atoms with E-state index in [0.29, 0.717) is 0 Å². The van der Waals surface area contributed by atoms with Gasteiger partial charge in [0.05, 0.1) is 23.3 Å². The summed E-state index contributed by atoms with van der Waals surface area (Å²) in [6, 6.07) is 8.00. The molecule has 1 amide bonds. The van der Waals surface area contributed by atoms with Crippen LogP contribution in [0.1, 0.15) is 12.8 Å². The molecule has 2 aromatic heterocycles. The van der Waals surface area contributed by atoms with Crippen LogP contribution in [-0.2, 0) is 11.8 Å². The first-order chi connectivity index (χ1) is 11.7. The van der Waals surface area contributed by atoms with Gasteiger partial charge in [-0.1, -0.05) is 36.0 Å². The van der Waals surface area contributed by atoms with Gasteiger partial charge in [0.1, 0.15) is 5.03 Å². The SMILES string of the molecule is Cn1cc(N2CCC[C@@H](Sc3nncc4ccccc34)C2=O)cn1. The van der Waals surface area contributed by atoms with Crippen molar-refractivity contribution in [1.82, 2.24) is 20.0 Å². The fourth-order valence-electron chi connectivity index (χ4n) is 2.98. The molecule has 1 atom stereocenters. The Hall–Kier alpha value is -2.41. The van der Waals surface area contributed by atoms with Crippen molar-refractivity contribution >= 4 is 34.1 Å². The quantitative estimate of drug-likeness (QED) is 0.734. The van der Waals surface area contributed by atoms with Crippen molar-refractivity contribution in [3.8, 4) is 0 Å². The summed E-state index contributed by atoms with van der Waals surface area (Å²) in [7, 11) is 1.86. The molecule has 1 aromatic carbocycles. The molecular weight excluding hydrogens is 322 g/mol. The second-order valence-corrected chi connectivity index (χ2v) is 7.04. The molecule has 0 unspecified atom stereocenters. The summed E-state index contributed by atoms with van der Waals surface area (Å²) in [6.45, 7) is 0.739. The number of carbonyl (C=O) groups excluding carboxylic acids is 1. The lowest BCUT2D eigenvalue weighted by atomic mass is 10.1. The van der Waals surface area contributed by atoms with Crippen molar-refractivity contribution < 1.29 is 4.79 Å². The molecule has 24 heavy (non-hydrogen) atoms. The maximum Gasteiger partial charge on any atom is 0.240 e. The van der Waals surface area contributed by atoms with Crippen molar-refractivity contribution in [1.29, 1.82) is 0 Å². The molecule has 7 heteroatoms. The Bertz CT molecular complexity index is 888. The first kappa shape index (κ1) is 15.1. The third-order valence-electron chi connectivity index (χ3n) is 4.18.